The Bertz CT molecular complexity index is 885. The molecule has 0 aliphatic heterocycles. The molecule has 2 aromatic carbocycles. The molecule has 0 fully saturated rings. The number of para-hydroxylation sites is 1. The first-order valence-electron chi connectivity index (χ1n) is 8.82. The Hall–Kier alpha value is -1.84. The van der Waals surface area contributed by atoms with Gasteiger partial charge in [-0.2, -0.15) is 0 Å². The summed E-state index contributed by atoms with van der Waals surface area (Å²) >= 11 is 7.77. The number of rotatable bonds is 4. The number of aromatic nitrogens is 1. The van der Waals surface area contributed by atoms with Crippen molar-refractivity contribution in [1.82, 2.24) is 4.98 Å². The van der Waals surface area contributed by atoms with Crippen LogP contribution in [0, 0.1) is 13.8 Å². The molecule has 0 spiro atoms. The van der Waals surface area contributed by atoms with E-state index >= 15 is 0 Å². The second-order valence-corrected chi connectivity index (χ2v) is 9.26. The largest absolute Gasteiger partial charge is 0.331 e. The molecule has 3 rings (SSSR count). The maximum absolute atomic E-state index is 6.02. The van der Waals surface area contributed by atoms with Crippen molar-refractivity contribution in [2.75, 3.05) is 5.32 Å². The maximum Gasteiger partial charge on any atom is 0.187 e. The summed E-state index contributed by atoms with van der Waals surface area (Å²) in [6.45, 7) is 10.9. The van der Waals surface area contributed by atoms with E-state index in [1.807, 2.05) is 12.1 Å². The summed E-state index contributed by atoms with van der Waals surface area (Å²) in [6, 6.07) is 14.4. The summed E-state index contributed by atoms with van der Waals surface area (Å²) in [5.74, 6) is 0. The average Bonchev–Trinajstić information content (AvgIpc) is 2.96. The van der Waals surface area contributed by atoms with Crippen molar-refractivity contribution < 1.29 is 0 Å². The van der Waals surface area contributed by atoms with Gasteiger partial charge in [-0.15, -0.1) is 11.3 Å². The molecule has 0 aliphatic rings. The molecular formula is C22H25ClN2S. The van der Waals surface area contributed by atoms with E-state index in [1.54, 1.807) is 11.3 Å². The Morgan fingerprint density at radius 1 is 1.00 bits per heavy atom. The van der Waals surface area contributed by atoms with E-state index < -0.39 is 0 Å². The quantitative estimate of drug-likeness (QED) is 0.521. The molecule has 2 nitrogen and oxygen atoms in total. The SMILES string of the molecule is Cc1cccc(C)c1Nc1nc(C(C)(C)C)c(Cc2ccc(Cl)cc2)s1. The standard InChI is InChI=1S/C22H25ClN2S/c1-14-7-6-8-15(2)19(14)24-21-25-20(22(3,4)5)18(26-21)13-16-9-11-17(23)12-10-16/h6-12H,13H2,1-5H3,(H,24,25). The average molecular weight is 385 g/mol. The highest BCUT2D eigenvalue weighted by Crippen LogP contribution is 2.36. The van der Waals surface area contributed by atoms with Gasteiger partial charge in [0.1, 0.15) is 0 Å². The fourth-order valence-corrected chi connectivity index (χ4v) is 4.35. The van der Waals surface area contributed by atoms with Crippen molar-refractivity contribution >= 4 is 33.8 Å². The number of hydrogen-bond donors (Lipinski definition) is 1. The Balaban J connectivity index is 1.95. The van der Waals surface area contributed by atoms with Crippen molar-refractivity contribution in [3.63, 3.8) is 0 Å². The molecule has 0 unspecified atom stereocenters. The van der Waals surface area contributed by atoms with Crippen molar-refractivity contribution in [1.29, 1.82) is 0 Å². The molecule has 1 heterocycles. The highest BCUT2D eigenvalue weighted by atomic mass is 35.5. The lowest BCUT2D eigenvalue weighted by Gasteiger charge is -2.17. The van der Waals surface area contributed by atoms with E-state index in [1.165, 1.54) is 21.6 Å². The predicted octanol–water partition coefficient (Wildman–Crippen LogP) is 7.05. The summed E-state index contributed by atoms with van der Waals surface area (Å²) in [6.07, 6.45) is 0.871. The molecule has 26 heavy (non-hydrogen) atoms. The molecule has 0 saturated carbocycles. The number of benzene rings is 2. The molecule has 3 aromatic rings. The van der Waals surface area contributed by atoms with Crippen LogP contribution in [0.3, 0.4) is 0 Å². The molecule has 136 valence electrons. The Labute approximate surface area is 165 Å². The highest BCUT2D eigenvalue weighted by Gasteiger charge is 2.23. The lowest BCUT2D eigenvalue weighted by molar-refractivity contribution is 0.568. The third-order valence-corrected chi connectivity index (χ3v) is 5.62. The van der Waals surface area contributed by atoms with Crippen LogP contribution in [0.15, 0.2) is 42.5 Å². The zero-order valence-electron chi connectivity index (χ0n) is 16.0. The van der Waals surface area contributed by atoms with Crippen LogP contribution in [0.5, 0.6) is 0 Å². The first-order valence-corrected chi connectivity index (χ1v) is 10.0. The summed E-state index contributed by atoms with van der Waals surface area (Å²) < 4.78 is 0. The van der Waals surface area contributed by atoms with Gasteiger partial charge in [0.25, 0.3) is 0 Å². The lowest BCUT2D eigenvalue weighted by Crippen LogP contribution is -2.14. The van der Waals surface area contributed by atoms with Crippen LogP contribution in [-0.4, -0.2) is 4.98 Å². The van der Waals surface area contributed by atoms with Crippen molar-refractivity contribution in [2.45, 2.75) is 46.5 Å². The second kappa shape index (κ2) is 7.42. The molecular weight excluding hydrogens is 360 g/mol. The van der Waals surface area contributed by atoms with Crippen molar-refractivity contribution in [3.05, 3.63) is 74.7 Å². The fourth-order valence-electron chi connectivity index (χ4n) is 3.02. The van der Waals surface area contributed by atoms with Gasteiger partial charge in [-0.1, -0.05) is 62.7 Å². The minimum absolute atomic E-state index is 0.00103. The molecule has 0 aliphatic carbocycles. The van der Waals surface area contributed by atoms with Crippen LogP contribution in [0.25, 0.3) is 0 Å². The van der Waals surface area contributed by atoms with Gasteiger partial charge in [0.05, 0.1) is 5.69 Å². The van der Waals surface area contributed by atoms with Gasteiger partial charge in [-0.25, -0.2) is 4.98 Å². The normalized spacial score (nSPS) is 11.6. The molecule has 0 atom stereocenters. The van der Waals surface area contributed by atoms with Gasteiger partial charge in [0.2, 0.25) is 0 Å². The Morgan fingerprint density at radius 3 is 2.19 bits per heavy atom. The van der Waals surface area contributed by atoms with Crippen LogP contribution in [0.2, 0.25) is 5.02 Å². The number of aryl methyl sites for hydroxylation is 2. The number of thiazole rings is 1. The molecule has 0 bridgehead atoms. The third kappa shape index (κ3) is 4.28. The zero-order chi connectivity index (χ0) is 18.9. The van der Waals surface area contributed by atoms with Gasteiger partial charge < -0.3 is 5.32 Å². The predicted molar refractivity (Wildman–Crippen MR) is 114 cm³/mol. The minimum Gasteiger partial charge on any atom is -0.331 e. The van der Waals surface area contributed by atoms with Gasteiger partial charge >= 0.3 is 0 Å². The van der Waals surface area contributed by atoms with Crippen molar-refractivity contribution in [3.8, 4) is 0 Å². The molecule has 0 saturated heterocycles. The van der Waals surface area contributed by atoms with Crippen LogP contribution in [0.4, 0.5) is 10.8 Å². The number of hydrogen-bond acceptors (Lipinski definition) is 3. The van der Waals surface area contributed by atoms with E-state index in [0.717, 1.165) is 28.0 Å². The Kier molecular flexibility index (Phi) is 5.40. The molecule has 1 aromatic heterocycles. The number of nitrogens with one attached hydrogen (secondary N) is 1. The van der Waals surface area contributed by atoms with Crippen molar-refractivity contribution in [2.24, 2.45) is 0 Å². The summed E-state index contributed by atoms with van der Waals surface area (Å²) in [7, 11) is 0. The highest BCUT2D eigenvalue weighted by molar-refractivity contribution is 7.15. The summed E-state index contributed by atoms with van der Waals surface area (Å²) in [5.41, 5.74) is 6.03. The second-order valence-electron chi connectivity index (χ2n) is 7.74. The third-order valence-electron chi connectivity index (χ3n) is 4.40. The first-order chi connectivity index (χ1) is 12.2. The van der Waals surface area contributed by atoms with Gasteiger partial charge in [-0.05, 0) is 42.7 Å². The number of nitrogens with zero attached hydrogens (tertiary/aromatic N) is 1. The van der Waals surface area contributed by atoms with Gasteiger partial charge in [-0.3, -0.25) is 0 Å². The number of halogens is 1. The van der Waals surface area contributed by atoms with Crippen LogP contribution in [-0.2, 0) is 11.8 Å². The number of anilines is 2. The topological polar surface area (TPSA) is 24.9 Å². The van der Waals surface area contributed by atoms with Crippen LogP contribution in [0.1, 0.15) is 48.0 Å². The van der Waals surface area contributed by atoms with E-state index in [0.29, 0.717) is 0 Å². The van der Waals surface area contributed by atoms with Crippen LogP contribution < -0.4 is 5.32 Å². The first kappa shape index (κ1) is 18.9. The van der Waals surface area contributed by atoms with E-state index in [2.05, 4.69) is 70.3 Å². The van der Waals surface area contributed by atoms with Gasteiger partial charge in [0, 0.05) is 27.4 Å². The molecule has 0 radical (unpaired) electrons. The summed E-state index contributed by atoms with van der Waals surface area (Å²) in [4.78, 5) is 6.25. The molecule has 4 heteroatoms. The fraction of sp³-hybridized carbons (Fsp3) is 0.318. The van der Waals surface area contributed by atoms with Gasteiger partial charge in [0.15, 0.2) is 5.13 Å². The minimum atomic E-state index is -0.00103. The zero-order valence-corrected chi connectivity index (χ0v) is 17.6. The van der Waals surface area contributed by atoms with Crippen LogP contribution >= 0.6 is 22.9 Å². The summed E-state index contributed by atoms with van der Waals surface area (Å²) in [5, 5.41) is 5.28. The molecule has 1 N–H and O–H groups in total. The maximum atomic E-state index is 6.02. The van der Waals surface area contributed by atoms with E-state index in [9.17, 15) is 0 Å². The molecule has 0 amide bonds. The monoisotopic (exact) mass is 384 g/mol. The lowest BCUT2D eigenvalue weighted by atomic mass is 9.90. The Morgan fingerprint density at radius 2 is 1.62 bits per heavy atom. The van der Waals surface area contributed by atoms with E-state index in [4.69, 9.17) is 16.6 Å². The van der Waals surface area contributed by atoms with E-state index in [-0.39, 0.29) is 5.41 Å². The smallest absolute Gasteiger partial charge is 0.187 e.